The van der Waals surface area contributed by atoms with E-state index >= 15 is 0 Å². The summed E-state index contributed by atoms with van der Waals surface area (Å²) in [5.74, 6) is 2.20. The number of fused-ring (bicyclic) bond motifs is 1. The van der Waals surface area contributed by atoms with Crippen LogP contribution in [0.5, 0.6) is 0 Å². The van der Waals surface area contributed by atoms with Crippen molar-refractivity contribution in [2.45, 2.75) is 43.9 Å². The van der Waals surface area contributed by atoms with E-state index in [1.165, 1.54) is 60.5 Å². The van der Waals surface area contributed by atoms with E-state index in [9.17, 15) is 9.59 Å². The number of hydrogen-bond acceptors (Lipinski definition) is 4. The van der Waals surface area contributed by atoms with Crippen molar-refractivity contribution in [1.29, 1.82) is 0 Å². The molecule has 4 saturated carbocycles. The number of nitrogens with zero attached hydrogens (tertiary/aromatic N) is 2. The molecule has 7 rings (SSSR count). The Morgan fingerprint density at radius 3 is 2.40 bits per heavy atom. The third-order valence-electron chi connectivity index (χ3n) is 7.67. The number of anilines is 1. The molecular formula is C24H25N3O2S. The monoisotopic (exact) mass is 419 g/mol. The molecule has 2 aromatic rings. The number of aromatic nitrogens is 1. The zero-order valence-corrected chi connectivity index (χ0v) is 17.7. The highest BCUT2D eigenvalue weighted by atomic mass is 32.1. The van der Waals surface area contributed by atoms with Gasteiger partial charge in [0.05, 0.1) is 5.69 Å². The van der Waals surface area contributed by atoms with Crippen LogP contribution in [0.1, 0.15) is 60.1 Å². The minimum absolute atomic E-state index is 0.0430. The van der Waals surface area contributed by atoms with Crippen LogP contribution in [0.3, 0.4) is 0 Å². The van der Waals surface area contributed by atoms with Crippen molar-refractivity contribution in [3.63, 3.8) is 0 Å². The highest BCUT2D eigenvalue weighted by Crippen LogP contribution is 2.60. The number of amides is 2. The Labute approximate surface area is 180 Å². The molecule has 5 aliphatic rings. The van der Waals surface area contributed by atoms with Gasteiger partial charge in [0.15, 0.2) is 5.13 Å². The van der Waals surface area contributed by atoms with Crippen LogP contribution in [0, 0.1) is 17.8 Å². The molecule has 4 fully saturated rings. The van der Waals surface area contributed by atoms with E-state index in [0.717, 1.165) is 23.3 Å². The SMILES string of the molecule is C=C1c2ccccc2C(=O)N1CC(=O)Nc1nc(C23CC4CC(CC(C4)C2)C3)cs1. The van der Waals surface area contributed by atoms with Crippen molar-refractivity contribution in [2.75, 3.05) is 11.9 Å². The van der Waals surface area contributed by atoms with Crippen LogP contribution in [0.4, 0.5) is 5.13 Å². The van der Waals surface area contributed by atoms with Crippen LogP contribution in [-0.2, 0) is 10.2 Å². The predicted octanol–water partition coefficient (Wildman–Crippen LogP) is 4.68. The largest absolute Gasteiger partial charge is 0.300 e. The van der Waals surface area contributed by atoms with Gasteiger partial charge < -0.3 is 5.32 Å². The molecular weight excluding hydrogens is 394 g/mol. The summed E-state index contributed by atoms with van der Waals surface area (Å²) in [6, 6.07) is 7.35. The third kappa shape index (κ3) is 2.77. The molecule has 2 amide bonds. The smallest absolute Gasteiger partial charge is 0.259 e. The Morgan fingerprint density at radius 2 is 1.77 bits per heavy atom. The van der Waals surface area contributed by atoms with Crippen molar-refractivity contribution in [3.05, 3.63) is 53.0 Å². The number of carbonyl (C=O) groups excluding carboxylic acids is 2. The van der Waals surface area contributed by atoms with E-state index in [1.807, 2.05) is 18.2 Å². The van der Waals surface area contributed by atoms with Gasteiger partial charge >= 0.3 is 0 Å². The zero-order chi connectivity index (χ0) is 20.5. The molecule has 2 heterocycles. The fourth-order valence-corrected chi connectivity index (χ4v) is 7.65. The van der Waals surface area contributed by atoms with E-state index in [4.69, 9.17) is 4.98 Å². The van der Waals surface area contributed by atoms with E-state index in [0.29, 0.717) is 16.4 Å². The highest BCUT2D eigenvalue weighted by molar-refractivity contribution is 7.14. The second-order valence-corrected chi connectivity index (χ2v) is 10.5. The summed E-state index contributed by atoms with van der Waals surface area (Å²) in [5, 5.41) is 5.71. The van der Waals surface area contributed by atoms with Crippen LogP contribution in [0.25, 0.3) is 5.70 Å². The number of nitrogens with one attached hydrogen (secondary N) is 1. The molecule has 0 saturated heterocycles. The molecule has 1 aliphatic heterocycles. The molecule has 5 nitrogen and oxygen atoms in total. The van der Waals surface area contributed by atoms with Crippen molar-refractivity contribution < 1.29 is 9.59 Å². The van der Waals surface area contributed by atoms with Crippen molar-refractivity contribution in [3.8, 4) is 0 Å². The predicted molar refractivity (Wildman–Crippen MR) is 117 cm³/mol. The topological polar surface area (TPSA) is 62.3 Å². The maximum Gasteiger partial charge on any atom is 0.259 e. The quantitative estimate of drug-likeness (QED) is 0.783. The molecule has 154 valence electrons. The van der Waals surface area contributed by atoms with E-state index < -0.39 is 0 Å². The summed E-state index contributed by atoms with van der Waals surface area (Å²) < 4.78 is 0. The number of rotatable bonds is 4. The number of thiazole rings is 1. The summed E-state index contributed by atoms with van der Waals surface area (Å²) in [7, 11) is 0. The lowest BCUT2D eigenvalue weighted by molar-refractivity contribution is -0.116. The molecule has 0 spiro atoms. The first kappa shape index (κ1) is 18.3. The van der Waals surface area contributed by atoms with E-state index in [1.54, 1.807) is 6.07 Å². The van der Waals surface area contributed by atoms with Gasteiger partial charge in [-0.2, -0.15) is 0 Å². The van der Waals surface area contributed by atoms with Gasteiger partial charge in [-0.1, -0.05) is 24.8 Å². The van der Waals surface area contributed by atoms with Crippen molar-refractivity contribution in [2.24, 2.45) is 17.8 Å². The van der Waals surface area contributed by atoms with Gasteiger partial charge in [-0.25, -0.2) is 4.98 Å². The lowest BCUT2D eigenvalue weighted by atomic mass is 9.49. The van der Waals surface area contributed by atoms with Gasteiger partial charge in [-0.3, -0.25) is 14.5 Å². The molecule has 4 bridgehead atoms. The summed E-state index contributed by atoms with van der Waals surface area (Å²) in [6.45, 7) is 3.97. The normalized spacial score (nSPS) is 31.3. The molecule has 6 heteroatoms. The Morgan fingerprint density at radius 1 is 1.13 bits per heavy atom. The third-order valence-corrected chi connectivity index (χ3v) is 8.43. The summed E-state index contributed by atoms with van der Waals surface area (Å²) in [5.41, 5.74) is 3.40. The zero-order valence-electron chi connectivity index (χ0n) is 16.9. The average Bonchev–Trinajstić information content (AvgIpc) is 3.27. The van der Waals surface area contributed by atoms with Gasteiger partial charge in [-0.15, -0.1) is 11.3 Å². The van der Waals surface area contributed by atoms with Crippen LogP contribution in [0.2, 0.25) is 0 Å². The van der Waals surface area contributed by atoms with Gasteiger partial charge in [0.25, 0.3) is 5.91 Å². The van der Waals surface area contributed by atoms with Gasteiger partial charge in [0.1, 0.15) is 6.54 Å². The minimum Gasteiger partial charge on any atom is -0.300 e. The van der Waals surface area contributed by atoms with E-state index in [-0.39, 0.29) is 23.8 Å². The Bertz CT molecular complexity index is 1000. The second kappa shape index (κ2) is 6.51. The summed E-state index contributed by atoms with van der Waals surface area (Å²) in [4.78, 5) is 31.6. The fourth-order valence-electron chi connectivity index (χ4n) is 6.80. The molecule has 1 aromatic carbocycles. The fraction of sp³-hybridized carbons (Fsp3) is 0.458. The van der Waals surface area contributed by atoms with Crippen molar-refractivity contribution >= 4 is 34.0 Å². The Kier molecular flexibility index (Phi) is 3.97. The molecule has 1 N–H and O–H groups in total. The first-order valence-electron chi connectivity index (χ1n) is 10.9. The lowest BCUT2D eigenvalue weighted by Crippen LogP contribution is -2.48. The van der Waals surface area contributed by atoms with Crippen LogP contribution >= 0.6 is 11.3 Å². The maximum atomic E-state index is 12.7. The molecule has 30 heavy (non-hydrogen) atoms. The van der Waals surface area contributed by atoms with Crippen LogP contribution < -0.4 is 5.32 Å². The maximum absolute atomic E-state index is 12.7. The van der Waals surface area contributed by atoms with E-state index in [2.05, 4.69) is 17.3 Å². The number of benzene rings is 1. The molecule has 0 unspecified atom stereocenters. The minimum atomic E-state index is -0.233. The number of hydrogen-bond donors (Lipinski definition) is 1. The Hall–Kier alpha value is -2.47. The van der Waals surface area contributed by atoms with Crippen LogP contribution in [0.15, 0.2) is 36.2 Å². The summed E-state index contributed by atoms with van der Waals surface area (Å²) >= 11 is 1.50. The first-order chi connectivity index (χ1) is 14.5. The van der Waals surface area contributed by atoms with Gasteiger partial charge in [0, 0.05) is 27.6 Å². The molecule has 4 aliphatic carbocycles. The summed E-state index contributed by atoms with van der Waals surface area (Å²) in [6.07, 6.45) is 8.00. The standard InChI is InChI=1S/C24H25N3O2S/c1-14-18-4-2-3-5-19(18)22(29)27(14)12-21(28)26-23-25-20(13-30-23)24-9-15-6-16(10-24)8-17(7-15)11-24/h2-5,13,15-17H,1,6-12H2,(H,25,26,28). The van der Waals surface area contributed by atoms with Crippen LogP contribution in [-0.4, -0.2) is 28.2 Å². The second-order valence-electron chi connectivity index (χ2n) is 9.67. The Balaban J connectivity index is 1.16. The average molecular weight is 420 g/mol. The molecule has 1 aromatic heterocycles. The molecule has 0 atom stereocenters. The van der Waals surface area contributed by atoms with Gasteiger partial charge in [-0.05, 0) is 62.3 Å². The van der Waals surface area contributed by atoms with Gasteiger partial charge in [0.2, 0.25) is 5.91 Å². The lowest BCUT2D eigenvalue weighted by Gasteiger charge is -2.56. The molecule has 0 radical (unpaired) electrons. The number of carbonyl (C=O) groups is 2. The van der Waals surface area contributed by atoms with Crippen molar-refractivity contribution in [1.82, 2.24) is 9.88 Å². The highest BCUT2D eigenvalue weighted by Gasteiger charge is 2.52. The first-order valence-corrected chi connectivity index (χ1v) is 11.7.